The van der Waals surface area contributed by atoms with Crippen molar-refractivity contribution in [2.45, 2.75) is 89.6 Å². The molecule has 6 aromatic rings. The zero-order chi connectivity index (χ0) is 41.1. The molecular formula is C46H50N12O2. The molecule has 4 N–H and O–H groups in total. The van der Waals surface area contributed by atoms with Gasteiger partial charge in [0.1, 0.15) is 11.6 Å². The van der Waals surface area contributed by atoms with Gasteiger partial charge in [-0.2, -0.15) is 0 Å². The predicted octanol–water partition coefficient (Wildman–Crippen LogP) is 7.31. The second-order valence-electron chi connectivity index (χ2n) is 17.5. The molecular weight excluding hydrogens is 753 g/mol. The van der Waals surface area contributed by atoms with Gasteiger partial charge in [0, 0.05) is 36.9 Å². The normalized spacial score (nSPS) is 24.2. The number of fused-ring (bicyclic) bond motifs is 2. The minimum absolute atomic E-state index is 0.0303. The highest BCUT2D eigenvalue weighted by molar-refractivity contribution is 5.94. The van der Waals surface area contributed by atoms with Gasteiger partial charge in [0.2, 0.25) is 23.7 Å². The van der Waals surface area contributed by atoms with Crippen LogP contribution in [-0.4, -0.2) is 85.7 Å². The first kappa shape index (κ1) is 38.1. The minimum Gasteiger partial charge on any atom is -0.341 e. The second kappa shape index (κ2) is 15.5. The SMILES string of the molecule is CC(C)[C@@H](C(=O)Nc1ncccn1)N1C(c2ncc(-c3ccc(-c4ccc(-c5cnc(C6C[C@H]7CC7N6[C@H](C(=O)Nc6ncccn6)C(C)C)[nH]5)cc4)cc3)[nH]2)C[C@H]2CC21. The standard InChI is InChI=1S/C46H50N12O2/c1-25(2)39(43(59)55-45-47-15-5-16-48-45)57-35-19-31(35)21-37(57)41-51-23-33(53-41)29-11-7-27(8-12-29)28-9-13-30(14-10-28)34-24-52-42(54-34)38-22-32-20-36(32)58(38)40(26(3)4)44(60)56-46-49-17-6-18-50-46/h5-18,23-26,31-32,35-40H,19-22H2,1-4H3,(H,51,53)(H,52,54)(H,47,48,55,59)(H,49,50,56,60)/t31-,32-,35?,36?,37?,38?,39+,40+/m1/s1. The lowest BCUT2D eigenvalue weighted by molar-refractivity contribution is -0.124. The fourth-order valence-corrected chi connectivity index (χ4v) is 9.94. The Morgan fingerprint density at radius 2 is 0.917 bits per heavy atom. The first-order valence-electron chi connectivity index (χ1n) is 21.2. The van der Waals surface area contributed by atoms with E-state index in [1.165, 1.54) is 0 Å². The zero-order valence-electron chi connectivity index (χ0n) is 34.2. The summed E-state index contributed by atoms with van der Waals surface area (Å²) < 4.78 is 0. The van der Waals surface area contributed by atoms with Gasteiger partial charge >= 0.3 is 0 Å². The smallest absolute Gasteiger partial charge is 0.244 e. The number of amides is 2. The van der Waals surface area contributed by atoms with Crippen molar-refractivity contribution in [2.24, 2.45) is 23.7 Å². The van der Waals surface area contributed by atoms with Gasteiger partial charge < -0.3 is 9.97 Å². The van der Waals surface area contributed by atoms with Gasteiger partial charge in [-0.1, -0.05) is 76.2 Å². The van der Waals surface area contributed by atoms with E-state index in [4.69, 9.17) is 9.97 Å². The van der Waals surface area contributed by atoms with Crippen molar-refractivity contribution >= 4 is 23.7 Å². The molecule has 2 saturated carbocycles. The summed E-state index contributed by atoms with van der Waals surface area (Å²) in [5, 5.41) is 5.90. The van der Waals surface area contributed by atoms with Crippen LogP contribution in [0.1, 0.15) is 77.1 Å². The Morgan fingerprint density at radius 3 is 1.28 bits per heavy atom. The number of likely N-dealkylation sites (tertiary alicyclic amines) is 2. The fraction of sp³-hybridized carbons (Fsp3) is 0.391. The van der Waals surface area contributed by atoms with E-state index in [1.807, 2.05) is 12.4 Å². The maximum Gasteiger partial charge on any atom is 0.244 e. The van der Waals surface area contributed by atoms with E-state index in [9.17, 15) is 9.59 Å². The van der Waals surface area contributed by atoms with Crippen LogP contribution in [0.3, 0.4) is 0 Å². The van der Waals surface area contributed by atoms with E-state index >= 15 is 0 Å². The number of imidazole rings is 2. The highest BCUT2D eigenvalue weighted by Crippen LogP contribution is 2.56. The average molecular weight is 803 g/mol. The van der Waals surface area contributed by atoms with Gasteiger partial charge in [-0.05, 0) is 83.7 Å². The lowest BCUT2D eigenvalue weighted by Gasteiger charge is -2.35. The Balaban J connectivity index is 0.810. The molecule has 2 aliphatic carbocycles. The van der Waals surface area contributed by atoms with Gasteiger partial charge in [0.25, 0.3) is 0 Å². The first-order chi connectivity index (χ1) is 29.2. The molecule has 4 fully saturated rings. The molecule has 2 aromatic carbocycles. The summed E-state index contributed by atoms with van der Waals surface area (Å²) in [4.78, 5) is 65.9. The molecule has 6 heterocycles. The van der Waals surface area contributed by atoms with Crippen molar-refractivity contribution in [1.82, 2.24) is 49.7 Å². The number of aromatic nitrogens is 8. The number of hydrogen-bond donors (Lipinski definition) is 4. The molecule has 4 aliphatic rings. The molecule has 0 spiro atoms. The molecule has 0 radical (unpaired) electrons. The summed E-state index contributed by atoms with van der Waals surface area (Å²) >= 11 is 0. The molecule has 14 nitrogen and oxygen atoms in total. The summed E-state index contributed by atoms with van der Waals surface area (Å²) in [6.07, 6.45) is 14.5. The van der Waals surface area contributed by atoms with E-state index in [1.54, 1.807) is 36.9 Å². The highest BCUT2D eigenvalue weighted by Gasteiger charge is 2.58. The van der Waals surface area contributed by atoms with Crippen LogP contribution in [0, 0.1) is 23.7 Å². The van der Waals surface area contributed by atoms with Crippen molar-refractivity contribution in [1.29, 1.82) is 0 Å². The number of carbonyl (C=O) groups is 2. The van der Waals surface area contributed by atoms with Crippen LogP contribution >= 0.6 is 0 Å². The van der Waals surface area contributed by atoms with Gasteiger partial charge in [-0.3, -0.25) is 30.0 Å². The second-order valence-corrected chi connectivity index (χ2v) is 17.5. The number of rotatable bonds is 13. The lowest BCUT2D eigenvalue weighted by Crippen LogP contribution is -2.48. The van der Waals surface area contributed by atoms with Crippen molar-refractivity contribution in [3.63, 3.8) is 0 Å². The maximum atomic E-state index is 13.6. The number of benzene rings is 2. The molecule has 60 heavy (non-hydrogen) atoms. The van der Waals surface area contributed by atoms with Crippen molar-refractivity contribution < 1.29 is 9.59 Å². The summed E-state index contributed by atoms with van der Waals surface area (Å²) in [6, 6.07) is 20.7. The summed E-state index contributed by atoms with van der Waals surface area (Å²) in [5.74, 6) is 3.63. The lowest BCUT2D eigenvalue weighted by atomic mass is 9.99. The first-order valence-corrected chi connectivity index (χ1v) is 21.2. The van der Waals surface area contributed by atoms with Crippen LogP contribution in [0.2, 0.25) is 0 Å². The average Bonchev–Trinajstić information content (AvgIpc) is 3.87. The third-order valence-corrected chi connectivity index (χ3v) is 12.9. The number of nitrogens with zero attached hydrogens (tertiary/aromatic N) is 8. The van der Waals surface area contributed by atoms with E-state index in [-0.39, 0.29) is 47.8 Å². The van der Waals surface area contributed by atoms with E-state index in [2.05, 4.69) is 127 Å². The Bertz CT molecular complexity index is 2290. The summed E-state index contributed by atoms with van der Waals surface area (Å²) in [6.45, 7) is 8.40. The van der Waals surface area contributed by atoms with Crippen LogP contribution < -0.4 is 10.6 Å². The quantitative estimate of drug-likeness (QED) is 0.0928. The third-order valence-electron chi connectivity index (χ3n) is 12.9. The van der Waals surface area contributed by atoms with Crippen LogP contribution in [0.4, 0.5) is 11.9 Å². The topological polar surface area (TPSA) is 174 Å². The molecule has 10 rings (SSSR count). The monoisotopic (exact) mass is 802 g/mol. The van der Waals surface area contributed by atoms with E-state index in [0.29, 0.717) is 35.8 Å². The number of carbonyl (C=O) groups excluding carboxylic acids is 2. The highest BCUT2D eigenvalue weighted by atomic mass is 16.2. The van der Waals surface area contributed by atoms with E-state index in [0.717, 1.165) is 71.0 Å². The number of hydrogen-bond acceptors (Lipinski definition) is 10. The van der Waals surface area contributed by atoms with Gasteiger partial charge in [-0.15, -0.1) is 0 Å². The molecule has 2 amide bonds. The Labute approximate surface area is 349 Å². The summed E-state index contributed by atoms with van der Waals surface area (Å²) in [7, 11) is 0. The third kappa shape index (κ3) is 7.27. The van der Waals surface area contributed by atoms with E-state index < -0.39 is 0 Å². The molecule has 14 heteroatoms. The van der Waals surface area contributed by atoms with Crippen LogP contribution in [0.25, 0.3) is 33.6 Å². The summed E-state index contributed by atoms with van der Waals surface area (Å²) in [5.41, 5.74) is 6.24. The number of H-pyrrole nitrogens is 2. The fourth-order valence-electron chi connectivity index (χ4n) is 9.94. The van der Waals surface area contributed by atoms with Crippen molar-refractivity contribution in [3.8, 4) is 33.6 Å². The molecule has 306 valence electrons. The largest absolute Gasteiger partial charge is 0.341 e. The Kier molecular flexibility index (Phi) is 9.83. The predicted molar refractivity (Wildman–Crippen MR) is 228 cm³/mol. The zero-order valence-corrected chi connectivity index (χ0v) is 34.2. The van der Waals surface area contributed by atoms with Gasteiger partial charge in [0.05, 0.1) is 47.9 Å². The number of piperidine rings is 2. The Hall–Kier alpha value is -6.12. The molecule has 4 aromatic heterocycles. The van der Waals surface area contributed by atoms with Crippen molar-refractivity contribution in [3.05, 3.63) is 109 Å². The van der Waals surface area contributed by atoms with Crippen LogP contribution in [-0.2, 0) is 9.59 Å². The Morgan fingerprint density at radius 1 is 0.550 bits per heavy atom. The van der Waals surface area contributed by atoms with Crippen LogP contribution in [0.5, 0.6) is 0 Å². The molecule has 2 saturated heterocycles. The number of aromatic amines is 2. The molecule has 2 aliphatic heterocycles. The van der Waals surface area contributed by atoms with Gasteiger partial charge in [0.15, 0.2) is 0 Å². The molecule has 8 atom stereocenters. The maximum absolute atomic E-state index is 13.6. The van der Waals surface area contributed by atoms with Crippen molar-refractivity contribution in [2.75, 3.05) is 10.6 Å². The minimum atomic E-state index is -0.326. The number of nitrogens with one attached hydrogen (secondary N) is 4. The molecule has 4 unspecified atom stereocenters. The molecule has 0 bridgehead atoms. The van der Waals surface area contributed by atoms with Gasteiger partial charge in [-0.25, -0.2) is 29.9 Å². The van der Waals surface area contributed by atoms with Crippen LogP contribution in [0.15, 0.2) is 97.8 Å². The number of anilines is 2.